The number of hydrogen-bond acceptors (Lipinski definition) is 5. The van der Waals surface area contributed by atoms with Crippen molar-refractivity contribution < 1.29 is 23.1 Å². The summed E-state index contributed by atoms with van der Waals surface area (Å²) in [6, 6.07) is 6.39. The number of hydrogen-bond donors (Lipinski definition) is 2. The molecule has 2 N–H and O–H groups in total. The van der Waals surface area contributed by atoms with Crippen LogP contribution in [-0.2, 0) is 19.6 Å². The third kappa shape index (κ3) is 2.91. The zero-order valence-corrected chi connectivity index (χ0v) is 12.9. The molecule has 0 radical (unpaired) electrons. The first kappa shape index (κ1) is 15.5. The fraction of sp³-hybridized carbons (Fsp3) is 0.357. The number of nitrogens with zero attached hydrogens (tertiary/aromatic N) is 2. The van der Waals surface area contributed by atoms with Crippen LogP contribution in [0.2, 0.25) is 0 Å². The molecule has 2 aliphatic rings. The number of amides is 1. The van der Waals surface area contributed by atoms with Gasteiger partial charge in [0.1, 0.15) is 12.4 Å². The summed E-state index contributed by atoms with van der Waals surface area (Å²) in [5.41, 5.74) is 0.435. The van der Waals surface area contributed by atoms with Crippen LogP contribution in [0.4, 0.5) is 0 Å². The van der Waals surface area contributed by atoms with Gasteiger partial charge >= 0.3 is 5.97 Å². The van der Waals surface area contributed by atoms with Gasteiger partial charge in [-0.1, -0.05) is 12.1 Å². The van der Waals surface area contributed by atoms with E-state index in [2.05, 4.69) is 9.71 Å². The zero-order chi connectivity index (χ0) is 16.6. The molecule has 0 saturated carbocycles. The number of nitrogens with one attached hydrogen (secondary N) is 1. The lowest BCUT2D eigenvalue weighted by molar-refractivity contribution is -0.141. The summed E-state index contributed by atoms with van der Waals surface area (Å²) in [7, 11) is -3.63. The molecule has 2 heterocycles. The highest BCUT2D eigenvalue weighted by atomic mass is 32.2. The molecule has 3 rings (SSSR count). The Hall–Kier alpha value is -2.42. The molecule has 0 aromatic heterocycles. The fourth-order valence-electron chi connectivity index (χ4n) is 2.69. The molecule has 0 aliphatic carbocycles. The van der Waals surface area contributed by atoms with Crippen LogP contribution < -0.4 is 4.72 Å². The maximum atomic E-state index is 12.1. The summed E-state index contributed by atoms with van der Waals surface area (Å²) in [5.74, 6) is -1.63. The minimum absolute atomic E-state index is 0.137. The molecule has 1 saturated heterocycles. The third-order valence-corrected chi connectivity index (χ3v) is 5.32. The molecule has 0 spiro atoms. The fourth-order valence-corrected chi connectivity index (χ4v) is 3.94. The monoisotopic (exact) mass is 337 g/mol. The minimum Gasteiger partial charge on any atom is -0.481 e. The van der Waals surface area contributed by atoms with Crippen molar-refractivity contribution in [2.45, 2.75) is 11.3 Å². The molecule has 1 fully saturated rings. The van der Waals surface area contributed by atoms with Crippen molar-refractivity contribution in [1.29, 1.82) is 0 Å². The second-order valence-corrected chi connectivity index (χ2v) is 7.08. The SMILES string of the molecule is O=C(O)C1CCN(C(=O)CN=C2NS(=O)(=O)c3ccccc32)C1. The first-order valence-electron chi connectivity index (χ1n) is 7.06. The number of carboxylic acid groups (broad SMARTS) is 1. The van der Waals surface area contributed by atoms with Crippen molar-refractivity contribution in [3.05, 3.63) is 29.8 Å². The van der Waals surface area contributed by atoms with Crippen molar-refractivity contribution in [3.63, 3.8) is 0 Å². The summed E-state index contributed by atoms with van der Waals surface area (Å²) < 4.78 is 26.2. The molecule has 1 aromatic carbocycles. The predicted molar refractivity (Wildman–Crippen MR) is 80.5 cm³/mol. The largest absolute Gasteiger partial charge is 0.481 e. The number of carbonyl (C=O) groups is 2. The van der Waals surface area contributed by atoms with Gasteiger partial charge in [0.2, 0.25) is 5.91 Å². The van der Waals surface area contributed by atoms with Gasteiger partial charge in [-0.25, -0.2) is 8.42 Å². The minimum atomic E-state index is -3.63. The summed E-state index contributed by atoms with van der Waals surface area (Å²) >= 11 is 0. The van der Waals surface area contributed by atoms with Crippen molar-refractivity contribution in [2.75, 3.05) is 19.6 Å². The lowest BCUT2D eigenvalue weighted by Crippen LogP contribution is -2.32. The van der Waals surface area contributed by atoms with Crippen LogP contribution in [0.15, 0.2) is 34.2 Å². The molecule has 0 bridgehead atoms. The van der Waals surface area contributed by atoms with Crippen LogP contribution in [0.25, 0.3) is 0 Å². The number of rotatable bonds is 3. The van der Waals surface area contributed by atoms with Gasteiger partial charge in [0.25, 0.3) is 10.0 Å². The van der Waals surface area contributed by atoms with E-state index in [-0.39, 0.29) is 29.7 Å². The molecule has 1 amide bonds. The van der Waals surface area contributed by atoms with Crippen LogP contribution in [0, 0.1) is 5.92 Å². The number of fused-ring (bicyclic) bond motifs is 1. The topological polar surface area (TPSA) is 116 Å². The Morgan fingerprint density at radius 2 is 2.09 bits per heavy atom. The number of aliphatic carboxylic acids is 1. The van der Waals surface area contributed by atoms with Gasteiger partial charge in [0.15, 0.2) is 0 Å². The van der Waals surface area contributed by atoms with Crippen molar-refractivity contribution in [1.82, 2.24) is 9.62 Å². The van der Waals surface area contributed by atoms with E-state index in [0.29, 0.717) is 18.5 Å². The van der Waals surface area contributed by atoms with E-state index in [9.17, 15) is 18.0 Å². The number of carboxylic acids is 1. The molecule has 1 atom stereocenters. The molecule has 8 nitrogen and oxygen atoms in total. The predicted octanol–water partition coefficient (Wildman–Crippen LogP) is -0.342. The molecule has 23 heavy (non-hydrogen) atoms. The first-order chi connectivity index (χ1) is 10.9. The number of amidine groups is 1. The van der Waals surface area contributed by atoms with E-state index in [1.165, 1.54) is 11.0 Å². The Labute approximate surface area is 132 Å². The zero-order valence-electron chi connectivity index (χ0n) is 12.1. The normalized spacial score (nSPS) is 23.6. The van der Waals surface area contributed by atoms with E-state index in [0.717, 1.165) is 0 Å². The third-order valence-electron chi connectivity index (χ3n) is 3.93. The second kappa shape index (κ2) is 5.65. The van der Waals surface area contributed by atoms with Gasteiger partial charge in [0.05, 0.1) is 10.8 Å². The van der Waals surface area contributed by atoms with Crippen molar-refractivity contribution in [3.8, 4) is 0 Å². The number of likely N-dealkylation sites (tertiary alicyclic amines) is 1. The summed E-state index contributed by atoms with van der Waals surface area (Å²) in [4.78, 5) is 28.6. The molecule has 1 aromatic rings. The van der Waals surface area contributed by atoms with Crippen LogP contribution in [0.5, 0.6) is 0 Å². The first-order valence-corrected chi connectivity index (χ1v) is 8.54. The van der Waals surface area contributed by atoms with E-state index in [1.54, 1.807) is 18.2 Å². The summed E-state index contributed by atoms with van der Waals surface area (Å²) in [6.45, 7) is 0.322. The van der Waals surface area contributed by atoms with E-state index < -0.39 is 21.9 Å². The maximum absolute atomic E-state index is 12.1. The molecule has 2 aliphatic heterocycles. The Morgan fingerprint density at radius 3 is 2.78 bits per heavy atom. The van der Waals surface area contributed by atoms with E-state index in [4.69, 9.17) is 5.11 Å². The Kier molecular flexibility index (Phi) is 3.80. The second-order valence-electron chi connectivity index (χ2n) is 5.43. The van der Waals surface area contributed by atoms with Crippen LogP contribution in [0.1, 0.15) is 12.0 Å². The summed E-state index contributed by atoms with van der Waals surface area (Å²) in [5, 5.41) is 8.94. The van der Waals surface area contributed by atoms with Gasteiger partial charge in [0, 0.05) is 18.7 Å². The average molecular weight is 337 g/mol. The summed E-state index contributed by atoms with van der Waals surface area (Å²) in [6.07, 6.45) is 0.424. The Balaban J connectivity index is 1.72. The quantitative estimate of drug-likeness (QED) is 0.782. The van der Waals surface area contributed by atoms with Crippen molar-refractivity contribution >= 4 is 27.7 Å². The number of benzene rings is 1. The highest BCUT2D eigenvalue weighted by Crippen LogP contribution is 2.22. The highest BCUT2D eigenvalue weighted by Gasteiger charge is 2.32. The van der Waals surface area contributed by atoms with Gasteiger partial charge in [-0.2, -0.15) is 0 Å². The Morgan fingerprint density at radius 1 is 1.35 bits per heavy atom. The van der Waals surface area contributed by atoms with Gasteiger partial charge < -0.3 is 10.0 Å². The highest BCUT2D eigenvalue weighted by molar-refractivity contribution is 7.90. The van der Waals surface area contributed by atoms with Gasteiger partial charge in [-0.15, -0.1) is 0 Å². The lowest BCUT2D eigenvalue weighted by Gasteiger charge is -2.14. The number of carbonyl (C=O) groups excluding carboxylic acids is 1. The van der Waals surface area contributed by atoms with Gasteiger partial charge in [-0.05, 0) is 18.6 Å². The molecule has 122 valence electrons. The van der Waals surface area contributed by atoms with Crippen LogP contribution in [-0.4, -0.2) is 55.8 Å². The van der Waals surface area contributed by atoms with E-state index in [1.807, 2.05) is 0 Å². The smallest absolute Gasteiger partial charge is 0.308 e. The number of sulfonamides is 1. The van der Waals surface area contributed by atoms with Crippen LogP contribution >= 0.6 is 0 Å². The molecule has 1 unspecified atom stereocenters. The molecule has 9 heteroatoms. The maximum Gasteiger partial charge on any atom is 0.308 e. The van der Waals surface area contributed by atoms with Crippen LogP contribution in [0.3, 0.4) is 0 Å². The average Bonchev–Trinajstić information content (AvgIpc) is 3.09. The standard InChI is InChI=1S/C14H15N3O5S/c18-12(17-6-5-9(8-17)14(19)20)7-15-13-10-3-1-2-4-11(10)23(21,22)16-13/h1-4,9H,5-8H2,(H,15,16)(H,19,20). The van der Waals surface area contributed by atoms with Crippen molar-refractivity contribution in [2.24, 2.45) is 10.9 Å². The molecular formula is C14H15N3O5S. The van der Waals surface area contributed by atoms with E-state index >= 15 is 0 Å². The lowest BCUT2D eigenvalue weighted by atomic mass is 10.1. The number of aliphatic imine (C=N–C) groups is 1. The Bertz CT molecular complexity index is 802. The van der Waals surface area contributed by atoms with Gasteiger partial charge in [-0.3, -0.25) is 19.3 Å². The molecular weight excluding hydrogens is 322 g/mol.